The molecule has 1 N–H and O–H groups in total. The van der Waals surface area contributed by atoms with E-state index in [1.165, 1.54) is 22.3 Å². The molecule has 2 aromatic rings. The molecule has 0 saturated carbocycles. The van der Waals surface area contributed by atoms with Crippen LogP contribution in [0.15, 0.2) is 48.5 Å². The smallest absolute Gasteiger partial charge is 0.238 e. The second-order valence-electron chi connectivity index (χ2n) is 7.15. The molecule has 2 aromatic carbocycles. The van der Waals surface area contributed by atoms with E-state index < -0.39 is 0 Å². The van der Waals surface area contributed by atoms with Crippen molar-refractivity contribution in [3.63, 3.8) is 0 Å². The molecule has 0 radical (unpaired) electrons. The minimum absolute atomic E-state index is 0.0637. The normalized spacial score (nSPS) is 14.5. The molecule has 4 heteroatoms. The molecule has 0 bridgehead atoms. The Morgan fingerprint density at radius 1 is 1.11 bits per heavy atom. The molecule has 1 amide bonds. The van der Waals surface area contributed by atoms with Crippen LogP contribution in [0.4, 0.5) is 5.69 Å². The fraction of sp³-hybridized carbons (Fsp3) is 0.375. The number of aryl methyl sites for hydroxylation is 2. The molecule has 1 aliphatic heterocycles. The van der Waals surface area contributed by atoms with Gasteiger partial charge >= 0.3 is 0 Å². The number of amides is 1. The number of carbonyl (C=O) groups excluding carboxylic acids is 1. The van der Waals surface area contributed by atoms with E-state index in [1.54, 1.807) is 7.11 Å². The lowest BCUT2D eigenvalue weighted by atomic mass is 9.99. The van der Waals surface area contributed by atoms with Gasteiger partial charge in [-0.05, 0) is 53.7 Å². The van der Waals surface area contributed by atoms with Crippen molar-refractivity contribution in [1.29, 1.82) is 0 Å². The molecule has 148 valence electrons. The van der Waals surface area contributed by atoms with Gasteiger partial charge in [0.2, 0.25) is 5.91 Å². The Balaban J connectivity index is 1.62. The van der Waals surface area contributed by atoms with Gasteiger partial charge in [0.05, 0.1) is 13.7 Å². The van der Waals surface area contributed by atoms with Crippen LogP contribution in [-0.2, 0) is 17.6 Å². The van der Waals surface area contributed by atoms with Crippen LogP contribution in [0.3, 0.4) is 0 Å². The monoisotopic (exact) mass is 378 g/mol. The van der Waals surface area contributed by atoms with Crippen LogP contribution in [0.1, 0.15) is 37.0 Å². The molecular weight excluding hydrogens is 348 g/mol. The fourth-order valence-electron chi connectivity index (χ4n) is 3.72. The van der Waals surface area contributed by atoms with Crippen LogP contribution >= 0.6 is 0 Å². The van der Waals surface area contributed by atoms with E-state index in [0.717, 1.165) is 43.8 Å². The summed E-state index contributed by atoms with van der Waals surface area (Å²) in [4.78, 5) is 14.9. The number of methoxy groups -OCH3 is 1. The first-order chi connectivity index (χ1) is 13.6. The van der Waals surface area contributed by atoms with E-state index in [-0.39, 0.29) is 5.91 Å². The van der Waals surface area contributed by atoms with Crippen LogP contribution in [0.2, 0.25) is 0 Å². The number of hydrogen-bond acceptors (Lipinski definition) is 3. The molecule has 0 atom stereocenters. The van der Waals surface area contributed by atoms with Gasteiger partial charge in [-0.3, -0.25) is 9.69 Å². The Kier molecular flexibility index (Phi) is 6.88. The molecule has 28 heavy (non-hydrogen) atoms. The third-order valence-electron chi connectivity index (χ3n) is 5.36. The van der Waals surface area contributed by atoms with Gasteiger partial charge in [0, 0.05) is 18.8 Å². The summed E-state index contributed by atoms with van der Waals surface area (Å²) < 4.78 is 5.32. The lowest BCUT2D eigenvalue weighted by Crippen LogP contribution is -2.36. The first-order valence-corrected chi connectivity index (χ1v) is 10.1. The maximum atomic E-state index is 12.7. The number of hydrogen-bond donors (Lipinski definition) is 1. The van der Waals surface area contributed by atoms with Crippen molar-refractivity contribution >= 4 is 17.2 Å². The van der Waals surface area contributed by atoms with Gasteiger partial charge < -0.3 is 10.1 Å². The first kappa shape index (κ1) is 20.2. The number of para-hydroxylation sites is 1. The average molecular weight is 379 g/mol. The molecule has 0 unspecified atom stereocenters. The molecule has 1 heterocycles. The highest BCUT2D eigenvalue weighted by molar-refractivity contribution is 5.94. The van der Waals surface area contributed by atoms with Crippen molar-refractivity contribution in [2.24, 2.45) is 0 Å². The zero-order valence-corrected chi connectivity index (χ0v) is 17.1. The zero-order valence-electron chi connectivity index (χ0n) is 17.1. The van der Waals surface area contributed by atoms with Gasteiger partial charge in [0.1, 0.15) is 5.75 Å². The van der Waals surface area contributed by atoms with E-state index in [1.807, 2.05) is 12.1 Å². The van der Waals surface area contributed by atoms with Crippen LogP contribution < -0.4 is 10.1 Å². The predicted octanol–water partition coefficient (Wildman–Crippen LogP) is 4.55. The molecule has 0 aliphatic carbocycles. The second-order valence-corrected chi connectivity index (χ2v) is 7.15. The van der Waals surface area contributed by atoms with Crippen molar-refractivity contribution in [2.45, 2.75) is 33.1 Å². The molecule has 4 nitrogen and oxygen atoms in total. The van der Waals surface area contributed by atoms with Crippen molar-refractivity contribution in [1.82, 2.24) is 4.90 Å². The van der Waals surface area contributed by atoms with Crippen molar-refractivity contribution < 1.29 is 9.53 Å². The minimum Gasteiger partial charge on any atom is -0.497 e. The van der Waals surface area contributed by atoms with Gasteiger partial charge in [-0.25, -0.2) is 0 Å². The number of ether oxygens (including phenoxy) is 1. The summed E-state index contributed by atoms with van der Waals surface area (Å²) in [6.07, 6.45) is 4.99. The number of rotatable bonds is 7. The highest BCUT2D eigenvalue weighted by atomic mass is 16.5. The maximum Gasteiger partial charge on any atom is 0.238 e. The lowest BCUT2D eigenvalue weighted by Gasteiger charge is -2.26. The van der Waals surface area contributed by atoms with Gasteiger partial charge in [-0.1, -0.05) is 50.3 Å². The predicted molar refractivity (Wildman–Crippen MR) is 116 cm³/mol. The lowest BCUT2D eigenvalue weighted by molar-refractivity contribution is -0.117. The summed E-state index contributed by atoms with van der Waals surface area (Å²) in [6.45, 7) is 6.34. The van der Waals surface area contributed by atoms with Gasteiger partial charge in [0.15, 0.2) is 0 Å². The van der Waals surface area contributed by atoms with Crippen LogP contribution in [0.5, 0.6) is 5.75 Å². The molecule has 3 rings (SSSR count). The van der Waals surface area contributed by atoms with E-state index in [0.29, 0.717) is 6.54 Å². The summed E-state index contributed by atoms with van der Waals surface area (Å²) in [5, 5.41) is 3.17. The summed E-state index contributed by atoms with van der Waals surface area (Å²) in [7, 11) is 1.69. The van der Waals surface area contributed by atoms with E-state index in [2.05, 4.69) is 60.5 Å². The maximum absolute atomic E-state index is 12.7. The fourth-order valence-corrected chi connectivity index (χ4v) is 3.72. The Labute approximate surface area is 168 Å². The first-order valence-electron chi connectivity index (χ1n) is 10.1. The third-order valence-corrected chi connectivity index (χ3v) is 5.36. The standard InChI is InChI=1S/C24H30N2O2/c1-4-18-8-6-9-19(5-2)24(18)25-23(27)17-26-14-12-20(13-15-26)21-10-7-11-22(16-21)28-3/h6-12,16H,4-5,13-15,17H2,1-3H3,(H,25,27). The second kappa shape index (κ2) is 9.56. The summed E-state index contributed by atoms with van der Waals surface area (Å²) in [5.74, 6) is 0.940. The molecular formula is C24H30N2O2. The van der Waals surface area contributed by atoms with E-state index in [9.17, 15) is 4.79 Å². The Morgan fingerprint density at radius 2 is 1.82 bits per heavy atom. The van der Waals surface area contributed by atoms with Gasteiger partial charge in [-0.15, -0.1) is 0 Å². The van der Waals surface area contributed by atoms with Crippen molar-refractivity contribution in [2.75, 3.05) is 32.1 Å². The quantitative estimate of drug-likeness (QED) is 0.769. The highest BCUT2D eigenvalue weighted by Gasteiger charge is 2.17. The third kappa shape index (κ3) is 4.82. The molecule has 0 spiro atoms. The Hall–Kier alpha value is -2.59. The zero-order chi connectivity index (χ0) is 19.9. The number of nitrogens with one attached hydrogen (secondary N) is 1. The Morgan fingerprint density at radius 3 is 2.43 bits per heavy atom. The van der Waals surface area contributed by atoms with Crippen LogP contribution in [-0.4, -0.2) is 37.6 Å². The summed E-state index contributed by atoms with van der Waals surface area (Å²) in [6, 6.07) is 14.4. The van der Waals surface area contributed by atoms with Gasteiger partial charge in [-0.2, -0.15) is 0 Å². The number of benzene rings is 2. The summed E-state index contributed by atoms with van der Waals surface area (Å²) >= 11 is 0. The topological polar surface area (TPSA) is 41.6 Å². The number of anilines is 1. The van der Waals surface area contributed by atoms with Crippen molar-refractivity contribution in [3.05, 3.63) is 65.2 Å². The summed E-state index contributed by atoms with van der Waals surface area (Å²) in [5.41, 5.74) is 5.92. The van der Waals surface area contributed by atoms with Gasteiger partial charge in [0.25, 0.3) is 0 Å². The molecule has 1 aliphatic rings. The average Bonchev–Trinajstić information content (AvgIpc) is 2.74. The van der Waals surface area contributed by atoms with Crippen molar-refractivity contribution in [3.8, 4) is 5.75 Å². The largest absolute Gasteiger partial charge is 0.497 e. The van der Waals surface area contributed by atoms with Crippen LogP contribution in [0, 0.1) is 0 Å². The van der Waals surface area contributed by atoms with E-state index in [4.69, 9.17) is 4.74 Å². The van der Waals surface area contributed by atoms with E-state index >= 15 is 0 Å². The number of nitrogens with zero attached hydrogens (tertiary/aromatic N) is 1. The minimum atomic E-state index is 0.0637. The highest BCUT2D eigenvalue weighted by Crippen LogP contribution is 2.26. The molecule has 0 fully saturated rings. The van der Waals surface area contributed by atoms with Crippen LogP contribution in [0.25, 0.3) is 5.57 Å². The number of carbonyl (C=O) groups is 1. The Bertz CT molecular complexity index is 835. The SMILES string of the molecule is CCc1cccc(CC)c1NC(=O)CN1CC=C(c2cccc(OC)c2)CC1. The molecule has 0 saturated heterocycles. The molecule has 0 aromatic heterocycles.